The van der Waals surface area contributed by atoms with Crippen molar-refractivity contribution in [2.24, 2.45) is 10.8 Å². The zero-order valence-electron chi connectivity index (χ0n) is 16.7. The SMILES string of the molecule is CC1(C)CC(=O)C([C@@H]2C3=C(CC(C)(C)CC3=O)Oc3ccc(Br)cc32)=C(O)C1. The number of ether oxygens (including phenoxy) is 1. The number of ketones is 2. The van der Waals surface area contributed by atoms with Crippen LogP contribution in [-0.4, -0.2) is 16.7 Å². The molecule has 1 N–H and O–H groups in total. The molecule has 148 valence electrons. The summed E-state index contributed by atoms with van der Waals surface area (Å²) in [5, 5.41) is 10.9. The molecule has 4 rings (SSSR count). The van der Waals surface area contributed by atoms with Crippen molar-refractivity contribution in [2.75, 3.05) is 0 Å². The van der Waals surface area contributed by atoms with Gasteiger partial charge >= 0.3 is 0 Å². The minimum absolute atomic E-state index is 0.000177. The molecule has 2 aliphatic carbocycles. The molecule has 0 unspecified atom stereocenters. The summed E-state index contributed by atoms with van der Waals surface area (Å²) in [5.41, 5.74) is 1.19. The van der Waals surface area contributed by atoms with Crippen molar-refractivity contribution in [3.8, 4) is 5.75 Å². The van der Waals surface area contributed by atoms with Gasteiger partial charge in [0.05, 0.1) is 5.92 Å². The third-order valence-electron chi connectivity index (χ3n) is 5.87. The normalized spacial score (nSPS) is 26.0. The number of hydrogen-bond donors (Lipinski definition) is 1. The maximum atomic E-state index is 13.2. The van der Waals surface area contributed by atoms with Crippen LogP contribution >= 0.6 is 15.9 Å². The summed E-state index contributed by atoms with van der Waals surface area (Å²) in [6, 6.07) is 5.64. The predicted molar refractivity (Wildman–Crippen MR) is 110 cm³/mol. The minimum Gasteiger partial charge on any atom is -0.512 e. The number of benzene rings is 1. The third-order valence-corrected chi connectivity index (χ3v) is 6.36. The monoisotopic (exact) mass is 444 g/mol. The van der Waals surface area contributed by atoms with E-state index in [-0.39, 0.29) is 28.2 Å². The lowest BCUT2D eigenvalue weighted by molar-refractivity contribution is -0.119. The van der Waals surface area contributed by atoms with Crippen LogP contribution in [0, 0.1) is 10.8 Å². The molecule has 3 aliphatic rings. The number of aliphatic hydroxyl groups excluding tert-OH is 1. The van der Waals surface area contributed by atoms with E-state index < -0.39 is 5.92 Å². The lowest BCUT2D eigenvalue weighted by Gasteiger charge is -2.40. The first-order chi connectivity index (χ1) is 13.0. The lowest BCUT2D eigenvalue weighted by Crippen LogP contribution is -2.36. The highest BCUT2D eigenvalue weighted by atomic mass is 79.9. The molecule has 28 heavy (non-hydrogen) atoms. The van der Waals surface area contributed by atoms with Crippen molar-refractivity contribution in [1.82, 2.24) is 0 Å². The smallest absolute Gasteiger partial charge is 0.163 e. The Hall–Kier alpha value is -1.88. The number of halogens is 1. The molecule has 5 heteroatoms. The van der Waals surface area contributed by atoms with Gasteiger partial charge in [-0.1, -0.05) is 43.6 Å². The third kappa shape index (κ3) is 3.24. The summed E-state index contributed by atoms with van der Waals surface area (Å²) in [7, 11) is 0. The standard InChI is InChI=1S/C23H25BrO4/c1-22(2)8-14(25)20(15(26)9-22)19-13-7-12(24)5-6-17(13)28-18-11-23(3,4)10-16(27)21(18)19/h5-7,19,25H,8-11H2,1-4H3/t19-/m1/s1. The highest BCUT2D eigenvalue weighted by Gasteiger charge is 2.46. The van der Waals surface area contributed by atoms with Crippen LogP contribution in [0.1, 0.15) is 64.9 Å². The van der Waals surface area contributed by atoms with Crippen LogP contribution in [0.2, 0.25) is 0 Å². The van der Waals surface area contributed by atoms with Crippen LogP contribution in [-0.2, 0) is 9.59 Å². The number of allylic oxidation sites excluding steroid dienone is 4. The van der Waals surface area contributed by atoms with Crippen molar-refractivity contribution >= 4 is 27.5 Å². The molecule has 0 saturated carbocycles. The summed E-state index contributed by atoms with van der Waals surface area (Å²) in [5.74, 6) is 0.734. The molecule has 0 saturated heterocycles. The Morgan fingerprint density at radius 1 is 0.964 bits per heavy atom. The van der Waals surface area contributed by atoms with Crippen molar-refractivity contribution in [2.45, 2.75) is 59.3 Å². The van der Waals surface area contributed by atoms with Gasteiger partial charge in [-0.05, 0) is 29.0 Å². The maximum absolute atomic E-state index is 13.2. The second kappa shape index (κ2) is 6.31. The van der Waals surface area contributed by atoms with Crippen LogP contribution in [0.15, 0.2) is 45.3 Å². The van der Waals surface area contributed by atoms with Crippen molar-refractivity contribution in [3.05, 3.63) is 50.9 Å². The number of carbonyl (C=O) groups is 2. The van der Waals surface area contributed by atoms with E-state index >= 15 is 0 Å². The highest BCUT2D eigenvalue weighted by molar-refractivity contribution is 9.10. The molecular formula is C23H25BrO4. The van der Waals surface area contributed by atoms with E-state index in [0.29, 0.717) is 48.3 Å². The Balaban J connectivity index is 1.95. The minimum atomic E-state index is -0.566. The van der Waals surface area contributed by atoms with Gasteiger partial charge < -0.3 is 9.84 Å². The first-order valence-electron chi connectivity index (χ1n) is 9.66. The predicted octanol–water partition coefficient (Wildman–Crippen LogP) is 5.77. The molecule has 4 nitrogen and oxygen atoms in total. The van der Waals surface area contributed by atoms with Crippen molar-refractivity contribution < 1.29 is 19.4 Å². The fourth-order valence-corrected chi connectivity index (χ4v) is 5.12. The number of aliphatic hydroxyl groups is 1. The number of hydrogen-bond acceptors (Lipinski definition) is 4. The van der Waals surface area contributed by atoms with E-state index in [1.807, 2.05) is 32.0 Å². The van der Waals surface area contributed by atoms with Gasteiger partial charge in [0.1, 0.15) is 17.3 Å². The fraction of sp³-hybridized carbons (Fsp3) is 0.478. The second-order valence-corrected chi connectivity index (χ2v) is 10.7. The Bertz CT molecular complexity index is 965. The van der Waals surface area contributed by atoms with E-state index in [9.17, 15) is 14.7 Å². The summed E-state index contributed by atoms with van der Waals surface area (Å²) in [6.07, 6.45) is 1.82. The van der Waals surface area contributed by atoms with Gasteiger partial charge in [-0.2, -0.15) is 0 Å². The molecule has 0 radical (unpaired) electrons. The maximum Gasteiger partial charge on any atom is 0.163 e. The summed E-state index contributed by atoms with van der Waals surface area (Å²) in [6.45, 7) is 8.06. The number of Topliss-reactive ketones (excluding diaryl/α,β-unsaturated/α-hetero) is 2. The van der Waals surface area contributed by atoms with Crippen LogP contribution in [0.3, 0.4) is 0 Å². The molecule has 0 aromatic heterocycles. The van der Waals surface area contributed by atoms with Gasteiger partial charge in [0.2, 0.25) is 0 Å². The van der Waals surface area contributed by atoms with Gasteiger partial charge in [0, 0.05) is 46.9 Å². The first-order valence-corrected chi connectivity index (χ1v) is 10.5. The zero-order valence-corrected chi connectivity index (χ0v) is 18.3. The van der Waals surface area contributed by atoms with Crippen LogP contribution in [0.4, 0.5) is 0 Å². The Labute approximate surface area is 173 Å². The average molecular weight is 445 g/mol. The number of carbonyl (C=O) groups excluding carboxylic acids is 2. The van der Waals surface area contributed by atoms with Gasteiger partial charge in [-0.15, -0.1) is 0 Å². The van der Waals surface area contributed by atoms with Crippen molar-refractivity contribution in [1.29, 1.82) is 0 Å². The van der Waals surface area contributed by atoms with E-state index in [1.165, 1.54) is 0 Å². The largest absolute Gasteiger partial charge is 0.512 e. The van der Waals surface area contributed by atoms with Crippen molar-refractivity contribution in [3.63, 3.8) is 0 Å². The molecule has 0 amide bonds. The van der Waals surface area contributed by atoms with Gasteiger partial charge in [-0.3, -0.25) is 9.59 Å². The zero-order chi connectivity index (χ0) is 20.4. The molecule has 0 spiro atoms. The molecular weight excluding hydrogens is 420 g/mol. The molecule has 1 aromatic rings. The molecule has 0 fully saturated rings. The summed E-state index contributed by atoms with van der Waals surface area (Å²) in [4.78, 5) is 26.3. The number of fused-ring (bicyclic) bond motifs is 1. The second-order valence-electron chi connectivity index (χ2n) is 9.80. The summed E-state index contributed by atoms with van der Waals surface area (Å²) >= 11 is 3.49. The fourth-order valence-electron chi connectivity index (χ4n) is 4.75. The topological polar surface area (TPSA) is 63.6 Å². The molecule has 1 aliphatic heterocycles. The molecule has 1 atom stereocenters. The Morgan fingerprint density at radius 3 is 2.21 bits per heavy atom. The highest BCUT2D eigenvalue weighted by Crippen LogP contribution is 2.53. The van der Waals surface area contributed by atoms with E-state index in [2.05, 4.69) is 29.8 Å². The quantitative estimate of drug-likeness (QED) is 0.596. The van der Waals surface area contributed by atoms with Crippen LogP contribution in [0.5, 0.6) is 5.75 Å². The average Bonchev–Trinajstić information content (AvgIpc) is 2.51. The first kappa shape index (κ1) is 19.4. The van der Waals surface area contributed by atoms with Gasteiger partial charge in [-0.25, -0.2) is 0 Å². The molecule has 0 bridgehead atoms. The van der Waals surface area contributed by atoms with Crippen LogP contribution in [0.25, 0.3) is 0 Å². The lowest BCUT2D eigenvalue weighted by atomic mass is 9.66. The van der Waals surface area contributed by atoms with Gasteiger partial charge in [0.15, 0.2) is 11.6 Å². The van der Waals surface area contributed by atoms with E-state index in [4.69, 9.17) is 4.74 Å². The number of rotatable bonds is 1. The van der Waals surface area contributed by atoms with Crippen LogP contribution < -0.4 is 4.74 Å². The Morgan fingerprint density at radius 2 is 1.57 bits per heavy atom. The molecule has 1 aromatic carbocycles. The van der Waals surface area contributed by atoms with E-state index in [1.54, 1.807) is 0 Å². The summed E-state index contributed by atoms with van der Waals surface area (Å²) < 4.78 is 7.00. The van der Waals surface area contributed by atoms with E-state index in [0.717, 1.165) is 10.0 Å². The van der Waals surface area contributed by atoms with Gasteiger partial charge in [0.25, 0.3) is 0 Å². The molecule has 1 heterocycles. The Kier molecular flexibility index (Phi) is 4.38.